The molecule has 1 aliphatic heterocycles. The largest absolute Gasteiger partial charge is 0.369 e. The Morgan fingerprint density at radius 1 is 1.23 bits per heavy atom. The lowest BCUT2D eigenvalue weighted by Gasteiger charge is -2.20. The van der Waals surface area contributed by atoms with E-state index in [1.807, 2.05) is 28.8 Å². The Balaban J connectivity index is 1.36. The molecule has 0 unspecified atom stereocenters. The van der Waals surface area contributed by atoms with Crippen molar-refractivity contribution >= 4 is 17.4 Å². The molecule has 7 heteroatoms. The lowest BCUT2D eigenvalue weighted by Crippen LogP contribution is -2.34. The predicted octanol–water partition coefficient (Wildman–Crippen LogP) is 1.94. The van der Waals surface area contributed by atoms with Gasteiger partial charge in [0.25, 0.3) is 5.91 Å². The third-order valence-electron chi connectivity index (χ3n) is 4.93. The molecule has 132 valence electrons. The number of hydrogen-bond donors (Lipinski definition) is 2. The SMILES string of the molecule is O=C1NCCc2c(NCCc3cn4ccccc4n3)nc(C3CC3)nc21. The van der Waals surface area contributed by atoms with E-state index in [0.29, 0.717) is 18.2 Å². The van der Waals surface area contributed by atoms with Crippen molar-refractivity contribution in [1.82, 2.24) is 24.7 Å². The molecular weight excluding hydrogens is 328 g/mol. The van der Waals surface area contributed by atoms with Crippen molar-refractivity contribution < 1.29 is 4.79 Å². The first kappa shape index (κ1) is 15.3. The topological polar surface area (TPSA) is 84.2 Å². The third-order valence-corrected chi connectivity index (χ3v) is 4.93. The Bertz CT molecular complexity index is 958. The zero-order valence-electron chi connectivity index (χ0n) is 14.4. The van der Waals surface area contributed by atoms with E-state index in [4.69, 9.17) is 4.98 Å². The van der Waals surface area contributed by atoms with Crippen LogP contribution < -0.4 is 10.6 Å². The highest BCUT2D eigenvalue weighted by molar-refractivity contribution is 5.96. The fourth-order valence-corrected chi connectivity index (χ4v) is 3.40. The summed E-state index contributed by atoms with van der Waals surface area (Å²) in [5, 5.41) is 6.31. The first-order chi connectivity index (χ1) is 12.8. The molecule has 1 aliphatic carbocycles. The summed E-state index contributed by atoms with van der Waals surface area (Å²) in [6.07, 6.45) is 7.84. The molecule has 0 spiro atoms. The van der Waals surface area contributed by atoms with Crippen LogP contribution in [-0.2, 0) is 12.8 Å². The second kappa shape index (κ2) is 6.09. The lowest BCUT2D eigenvalue weighted by molar-refractivity contribution is 0.0940. The number of nitrogens with zero attached hydrogens (tertiary/aromatic N) is 4. The predicted molar refractivity (Wildman–Crippen MR) is 97.4 cm³/mol. The van der Waals surface area contributed by atoms with E-state index < -0.39 is 0 Å². The maximum atomic E-state index is 12.2. The summed E-state index contributed by atoms with van der Waals surface area (Å²) >= 11 is 0. The van der Waals surface area contributed by atoms with Gasteiger partial charge in [-0.05, 0) is 31.4 Å². The zero-order valence-corrected chi connectivity index (χ0v) is 14.4. The molecule has 5 rings (SSSR count). The number of carbonyl (C=O) groups is 1. The Kier molecular flexibility index (Phi) is 3.58. The number of aromatic nitrogens is 4. The molecule has 26 heavy (non-hydrogen) atoms. The molecule has 0 saturated heterocycles. The molecule has 1 fully saturated rings. The van der Waals surface area contributed by atoms with E-state index in [2.05, 4.69) is 26.8 Å². The average Bonchev–Trinajstić information content (AvgIpc) is 3.42. The standard InChI is InChI=1S/C19H20N6O/c26-19-16-14(7-9-21-19)18(24-17(23-16)12-4-5-12)20-8-6-13-11-25-10-2-1-3-15(25)22-13/h1-3,10-12H,4-9H2,(H,21,26)(H,20,23,24). The quantitative estimate of drug-likeness (QED) is 0.736. The van der Waals surface area contributed by atoms with E-state index in [-0.39, 0.29) is 5.91 Å². The minimum Gasteiger partial charge on any atom is -0.369 e. The van der Waals surface area contributed by atoms with E-state index >= 15 is 0 Å². The smallest absolute Gasteiger partial charge is 0.270 e. The van der Waals surface area contributed by atoms with Gasteiger partial charge in [-0.1, -0.05) is 6.07 Å². The molecular formula is C19H20N6O. The molecule has 4 heterocycles. The van der Waals surface area contributed by atoms with Crippen LogP contribution in [0.3, 0.4) is 0 Å². The van der Waals surface area contributed by atoms with E-state index in [9.17, 15) is 4.79 Å². The molecule has 7 nitrogen and oxygen atoms in total. The fraction of sp³-hybridized carbons (Fsp3) is 0.368. The molecule has 0 radical (unpaired) electrons. The number of pyridine rings is 1. The highest BCUT2D eigenvalue weighted by Gasteiger charge is 2.31. The number of amides is 1. The van der Waals surface area contributed by atoms with Gasteiger partial charge >= 0.3 is 0 Å². The first-order valence-corrected chi connectivity index (χ1v) is 9.13. The Morgan fingerprint density at radius 2 is 2.15 bits per heavy atom. The molecule has 2 aliphatic rings. The Morgan fingerprint density at radius 3 is 3.00 bits per heavy atom. The molecule has 0 aromatic carbocycles. The van der Waals surface area contributed by atoms with Gasteiger partial charge in [0.15, 0.2) is 0 Å². The molecule has 3 aromatic rings. The number of rotatable bonds is 5. The van der Waals surface area contributed by atoms with Gasteiger partial charge in [-0.2, -0.15) is 0 Å². The second-order valence-corrected chi connectivity index (χ2v) is 6.91. The van der Waals surface area contributed by atoms with E-state index in [1.165, 1.54) is 0 Å². The van der Waals surface area contributed by atoms with Gasteiger partial charge in [0.2, 0.25) is 0 Å². The summed E-state index contributed by atoms with van der Waals surface area (Å²) in [5.41, 5.74) is 3.47. The summed E-state index contributed by atoms with van der Waals surface area (Å²) in [7, 11) is 0. The fourth-order valence-electron chi connectivity index (χ4n) is 3.40. The van der Waals surface area contributed by atoms with Crippen molar-refractivity contribution in [3.05, 3.63) is 53.4 Å². The maximum Gasteiger partial charge on any atom is 0.270 e. The Hall–Kier alpha value is -2.96. The molecule has 1 amide bonds. The summed E-state index contributed by atoms with van der Waals surface area (Å²) in [6.45, 7) is 1.36. The highest BCUT2D eigenvalue weighted by Crippen LogP contribution is 2.39. The van der Waals surface area contributed by atoms with Crippen LogP contribution in [0.4, 0.5) is 5.82 Å². The molecule has 0 atom stereocenters. The first-order valence-electron chi connectivity index (χ1n) is 9.13. The number of imidazole rings is 1. The van der Waals surface area contributed by atoms with Gasteiger partial charge < -0.3 is 15.0 Å². The van der Waals surface area contributed by atoms with Crippen molar-refractivity contribution in [2.45, 2.75) is 31.6 Å². The van der Waals surface area contributed by atoms with E-state index in [1.54, 1.807) is 0 Å². The normalized spacial score (nSPS) is 16.4. The lowest BCUT2D eigenvalue weighted by atomic mass is 10.1. The number of hydrogen-bond acceptors (Lipinski definition) is 5. The number of carbonyl (C=O) groups excluding carboxylic acids is 1. The van der Waals surface area contributed by atoms with Gasteiger partial charge in [0, 0.05) is 43.4 Å². The summed E-state index contributed by atoms with van der Waals surface area (Å²) in [6, 6.07) is 5.98. The summed E-state index contributed by atoms with van der Waals surface area (Å²) in [4.78, 5) is 26.1. The molecule has 2 N–H and O–H groups in total. The van der Waals surface area contributed by atoms with Gasteiger partial charge in [0.1, 0.15) is 23.0 Å². The molecule has 0 bridgehead atoms. The number of fused-ring (bicyclic) bond motifs is 2. The maximum absolute atomic E-state index is 12.2. The number of nitrogens with one attached hydrogen (secondary N) is 2. The minimum absolute atomic E-state index is 0.0843. The van der Waals surface area contributed by atoms with Crippen molar-refractivity contribution in [3.8, 4) is 0 Å². The van der Waals surface area contributed by atoms with Gasteiger partial charge in [-0.3, -0.25) is 4.79 Å². The van der Waals surface area contributed by atoms with Gasteiger partial charge in [0.05, 0.1) is 5.69 Å². The van der Waals surface area contributed by atoms with Crippen molar-refractivity contribution in [3.63, 3.8) is 0 Å². The average molecular weight is 348 g/mol. The highest BCUT2D eigenvalue weighted by atomic mass is 16.1. The van der Waals surface area contributed by atoms with Crippen LogP contribution in [0.15, 0.2) is 30.6 Å². The third kappa shape index (κ3) is 2.79. The molecule has 3 aromatic heterocycles. The van der Waals surface area contributed by atoms with Crippen LogP contribution in [0.2, 0.25) is 0 Å². The van der Waals surface area contributed by atoms with Crippen molar-refractivity contribution in [2.24, 2.45) is 0 Å². The second-order valence-electron chi connectivity index (χ2n) is 6.91. The van der Waals surface area contributed by atoms with Crippen molar-refractivity contribution in [2.75, 3.05) is 18.4 Å². The van der Waals surface area contributed by atoms with Gasteiger partial charge in [-0.15, -0.1) is 0 Å². The minimum atomic E-state index is -0.0843. The van der Waals surface area contributed by atoms with Crippen LogP contribution in [0.25, 0.3) is 5.65 Å². The van der Waals surface area contributed by atoms with Crippen LogP contribution >= 0.6 is 0 Å². The molecule has 1 saturated carbocycles. The van der Waals surface area contributed by atoms with Crippen LogP contribution in [-0.4, -0.2) is 38.3 Å². The number of anilines is 1. The van der Waals surface area contributed by atoms with Crippen molar-refractivity contribution in [1.29, 1.82) is 0 Å². The summed E-state index contributed by atoms with van der Waals surface area (Å²) in [5.74, 6) is 1.94. The zero-order chi connectivity index (χ0) is 17.5. The Labute approximate surface area is 150 Å². The summed E-state index contributed by atoms with van der Waals surface area (Å²) < 4.78 is 2.03. The van der Waals surface area contributed by atoms with Crippen LogP contribution in [0.1, 0.15) is 46.3 Å². The van der Waals surface area contributed by atoms with Gasteiger partial charge in [-0.25, -0.2) is 15.0 Å². The van der Waals surface area contributed by atoms with Crippen LogP contribution in [0.5, 0.6) is 0 Å². The van der Waals surface area contributed by atoms with Crippen LogP contribution in [0, 0.1) is 0 Å². The monoisotopic (exact) mass is 348 g/mol. The van der Waals surface area contributed by atoms with E-state index in [0.717, 1.165) is 60.8 Å².